The zero-order chi connectivity index (χ0) is 12.7. The van der Waals surface area contributed by atoms with Gasteiger partial charge in [-0.2, -0.15) is 0 Å². The van der Waals surface area contributed by atoms with Gasteiger partial charge in [0.15, 0.2) is 0 Å². The Morgan fingerprint density at radius 3 is 2.59 bits per heavy atom. The molecule has 1 fully saturated rings. The number of hydrogen-bond donors (Lipinski definition) is 2. The third-order valence-corrected chi connectivity index (χ3v) is 3.34. The predicted octanol–water partition coefficient (Wildman–Crippen LogP) is 1.48. The zero-order valence-corrected chi connectivity index (χ0v) is 11.0. The first-order chi connectivity index (χ1) is 8.19. The molecule has 1 rings (SSSR count). The van der Waals surface area contributed by atoms with Gasteiger partial charge in [-0.15, -0.1) is 0 Å². The summed E-state index contributed by atoms with van der Waals surface area (Å²) >= 11 is 0. The minimum atomic E-state index is -0.803. The minimum absolute atomic E-state index is 0.210. The smallest absolute Gasteiger partial charge is 0.110 e. The molecule has 102 valence electrons. The lowest BCUT2D eigenvalue weighted by atomic mass is 10.1. The van der Waals surface area contributed by atoms with Crippen molar-refractivity contribution in [2.45, 2.75) is 70.4 Å². The van der Waals surface area contributed by atoms with Gasteiger partial charge in [-0.05, 0) is 12.8 Å². The number of rotatable bonds is 8. The van der Waals surface area contributed by atoms with E-state index >= 15 is 0 Å². The van der Waals surface area contributed by atoms with Gasteiger partial charge in [0.05, 0.1) is 19.3 Å². The van der Waals surface area contributed by atoms with E-state index in [0.29, 0.717) is 6.61 Å². The van der Waals surface area contributed by atoms with Crippen molar-refractivity contribution in [2.24, 2.45) is 0 Å². The van der Waals surface area contributed by atoms with Crippen molar-refractivity contribution in [3.63, 3.8) is 0 Å². The van der Waals surface area contributed by atoms with Gasteiger partial charge in [0.1, 0.15) is 18.3 Å². The third kappa shape index (κ3) is 4.92. The van der Waals surface area contributed by atoms with Crippen molar-refractivity contribution < 1.29 is 19.7 Å². The molecule has 1 unspecified atom stereocenters. The standard InChI is InChI=1S/C13H26O4/c1-3-5-6-7-10(4-2)16-9-12-13(15)11(14)8-17-12/h10-15H,3-9H2,1-2H3/t10?,11-,12+,13+/m1/s1. The number of aliphatic hydroxyl groups is 2. The maximum atomic E-state index is 9.60. The maximum absolute atomic E-state index is 9.60. The highest BCUT2D eigenvalue weighted by Gasteiger charge is 2.34. The second-order valence-corrected chi connectivity index (χ2v) is 4.79. The van der Waals surface area contributed by atoms with Crippen molar-refractivity contribution in [1.82, 2.24) is 0 Å². The first-order valence-corrected chi connectivity index (χ1v) is 6.78. The van der Waals surface area contributed by atoms with Crippen LogP contribution in [0.2, 0.25) is 0 Å². The van der Waals surface area contributed by atoms with Gasteiger partial charge >= 0.3 is 0 Å². The maximum Gasteiger partial charge on any atom is 0.110 e. The SMILES string of the molecule is CCCCCC(CC)OC[C@@H]1OC[C@@H](O)[C@@H]1O. The van der Waals surface area contributed by atoms with Gasteiger partial charge in [-0.25, -0.2) is 0 Å². The molecule has 0 amide bonds. The summed E-state index contributed by atoms with van der Waals surface area (Å²) < 4.78 is 11.0. The van der Waals surface area contributed by atoms with Crippen molar-refractivity contribution in [1.29, 1.82) is 0 Å². The minimum Gasteiger partial charge on any atom is -0.388 e. The van der Waals surface area contributed by atoms with E-state index in [9.17, 15) is 10.2 Å². The molecule has 1 saturated heterocycles. The molecule has 1 aliphatic rings. The van der Waals surface area contributed by atoms with Crippen LogP contribution in [0.5, 0.6) is 0 Å². The van der Waals surface area contributed by atoms with Gasteiger partial charge in [0.2, 0.25) is 0 Å². The molecule has 0 spiro atoms. The molecule has 4 atom stereocenters. The summed E-state index contributed by atoms with van der Waals surface area (Å²) in [6.07, 6.45) is 4.00. The summed E-state index contributed by atoms with van der Waals surface area (Å²) in [5.41, 5.74) is 0. The number of hydrogen-bond acceptors (Lipinski definition) is 4. The van der Waals surface area contributed by atoms with Crippen LogP contribution in [-0.4, -0.2) is 47.8 Å². The summed E-state index contributed by atoms with van der Waals surface area (Å²) in [7, 11) is 0. The molecule has 1 aliphatic heterocycles. The molecule has 0 radical (unpaired) electrons. The molecule has 4 nitrogen and oxygen atoms in total. The fraction of sp³-hybridized carbons (Fsp3) is 1.00. The Balaban J connectivity index is 2.18. The highest BCUT2D eigenvalue weighted by molar-refractivity contribution is 4.83. The largest absolute Gasteiger partial charge is 0.388 e. The van der Waals surface area contributed by atoms with Crippen LogP contribution in [0.25, 0.3) is 0 Å². The Hall–Kier alpha value is -0.160. The highest BCUT2D eigenvalue weighted by atomic mass is 16.6. The molecular weight excluding hydrogens is 220 g/mol. The van der Waals surface area contributed by atoms with Gasteiger partial charge in [0.25, 0.3) is 0 Å². The van der Waals surface area contributed by atoms with E-state index in [1.54, 1.807) is 0 Å². The van der Waals surface area contributed by atoms with Crippen LogP contribution in [0, 0.1) is 0 Å². The molecule has 0 aromatic rings. The van der Waals surface area contributed by atoms with Crippen molar-refractivity contribution >= 4 is 0 Å². The van der Waals surface area contributed by atoms with Crippen molar-refractivity contribution in [2.75, 3.05) is 13.2 Å². The number of ether oxygens (including phenoxy) is 2. The van der Waals surface area contributed by atoms with Crippen LogP contribution < -0.4 is 0 Å². The Labute approximate surface area is 104 Å². The van der Waals surface area contributed by atoms with Gasteiger partial charge in [0, 0.05) is 0 Å². The van der Waals surface area contributed by atoms with Crippen LogP contribution in [0.3, 0.4) is 0 Å². The monoisotopic (exact) mass is 246 g/mol. The second kappa shape index (κ2) is 8.03. The summed E-state index contributed by atoms with van der Waals surface area (Å²) in [5, 5.41) is 18.9. The summed E-state index contributed by atoms with van der Waals surface area (Å²) in [6, 6.07) is 0. The fourth-order valence-electron chi connectivity index (χ4n) is 2.07. The predicted molar refractivity (Wildman–Crippen MR) is 65.9 cm³/mol. The normalized spacial score (nSPS) is 30.7. The van der Waals surface area contributed by atoms with Crippen LogP contribution in [0.4, 0.5) is 0 Å². The quantitative estimate of drug-likeness (QED) is 0.637. The Morgan fingerprint density at radius 2 is 2.06 bits per heavy atom. The third-order valence-electron chi connectivity index (χ3n) is 3.34. The van der Waals surface area contributed by atoms with Crippen molar-refractivity contribution in [3.8, 4) is 0 Å². The summed E-state index contributed by atoms with van der Waals surface area (Å²) in [6.45, 7) is 4.88. The molecule has 2 N–H and O–H groups in total. The van der Waals surface area contributed by atoms with E-state index in [2.05, 4.69) is 13.8 Å². The molecule has 17 heavy (non-hydrogen) atoms. The highest BCUT2D eigenvalue weighted by Crippen LogP contribution is 2.17. The Bertz CT molecular complexity index is 198. The second-order valence-electron chi connectivity index (χ2n) is 4.79. The average Bonchev–Trinajstić information content (AvgIpc) is 2.65. The van der Waals surface area contributed by atoms with E-state index in [-0.39, 0.29) is 18.8 Å². The van der Waals surface area contributed by atoms with E-state index in [4.69, 9.17) is 9.47 Å². The van der Waals surface area contributed by atoms with Crippen LogP contribution >= 0.6 is 0 Å². The number of unbranched alkanes of at least 4 members (excludes halogenated alkanes) is 2. The van der Waals surface area contributed by atoms with E-state index in [0.717, 1.165) is 12.8 Å². The lowest BCUT2D eigenvalue weighted by Gasteiger charge is -2.20. The fourth-order valence-corrected chi connectivity index (χ4v) is 2.07. The first-order valence-electron chi connectivity index (χ1n) is 6.78. The van der Waals surface area contributed by atoms with Crippen LogP contribution in [0.1, 0.15) is 46.0 Å². The first kappa shape index (κ1) is 14.9. The Morgan fingerprint density at radius 1 is 1.29 bits per heavy atom. The molecule has 1 heterocycles. The van der Waals surface area contributed by atoms with Gasteiger partial charge in [-0.1, -0.05) is 33.1 Å². The molecular formula is C13H26O4. The van der Waals surface area contributed by atoms with Crippen molar-refractivity contribution in [3.05, 3.63) is 0 Å². The van der Waals surface area contributed by atoms with Gasteiger partial charge in [-0.3, -0.25) is 0 Å². The van der Waals surface area contributed by atoms with E-state index in [1.807, 2.05) is 0 Å². The van der Waals surface area contributed by atoms with Gasteiger partial charge < -0.3 is 19.7 Å². The number of aliphatic hydroxyl groups excluding tert-OH is 2. The topological polar surface area (TPSA) is 58.9 Å². The molecule has 4 heteroatoms. The Kier molecular flexibility index (Phi) is 7.04. The lowest BCUT2D eigenvalue weighted by Crippen LogP contribution is -2.34. The molecule has 0 aromatic carbocycles. The van der Waals surface area contributed by atoms with E-state index in [1.165, 1.54) is 19.3 Å². The van der Waals surface area contributed by atoms with Crippen LogP contribution in [0.15, 0.2) is 0 Å². The molecule has 0 saturated carbocycles. The molecule has 0 aliphatic carbocycles. The van der Waals surface area contributed by atoms with E-state index < -0.39 is 12.2 Å². The molecule has 0 aromatic heterocycles. The lowest BCUT2D eigenvalue weighted by molar-refractivity contribution is -0.0570. The summed E-state index contributed by atoms with van der Waals surface area (Å²) in [4.78, 5) is 0. The molecule has 0 bridgehead atoms. The average molecular weight is 246 g/mol. The summed E-state index contributed by atoms with van der Waals surface area (Å²) in [5.74, 6) is 0. The zero-order valence-electron chi connectivity index (χ0n) is 11.0. The van der Waals surface area contributed by atoms with Crippen LogP contribution in [-0.2, 0) is 9.47 Å².